The summed E-state index contributed by atoms with van der Waals surface area (Å²) in [6.45, 7) is 2.30. The molecule has 0 saturated heterocycles. The van der Waals surface area contributed by atoms with Gasteiger partial charge in [0.1, 0.15) is 11.1 Å². The molecule has 0 amide bonds. The van der Waals surface area contributed by atoms with Crippen molar-refractivity contribution < 1.29 is 9.47 Å². The molecule has 0 spiro atoms. The Balaban J connectivity index is 2.19. The van der Waals surface area contributed by atoms with E-state index in [2.05, 4.69) is 13.0 Å². The second kappa shape index (κ2) is 4.48. The molecule has 2 heterocycles. The molecule has 96 valence electrons. The highest BCUT2D eigenvalue weighted by Crippen LogP contribution is 2.42. The lowest BCUT2D eigenvalue weighted by Crippen LogP contribution is -1.92. The monoisotopic (exact) mass is 272 g/mol. The van der Waals surface area contributed by atoms with Crippen LogP contribution in [0, 0.1) is 11.3 Å². The van der Waals surface area contributed by atoms with Gasteiger partial charge in [0.15, 0.2) is 11.5 Å². The summed E-state index contributed by atoms with van der Waals surface area (Å²) < 4.78 is 10.7. The third-order valence-electron chi connectivity index (χ3n) is 3.10. The summed E-state index contributed by atoms with van der Waals surface area (Å²) in [6, 6.07) is 7.91. The topological polar surface area (TPSA) is 68.3 Å². The largest absolute Gasteiger partial charge is 0.454 e. The summed E-state index contributed by atoms with van der Waals surface area (Å²) in [4.78, 5) is 1.12. The maximum absolute atomic E-state index is 9.28. The fraction of sp³-hybridized carbons (Fsp3) is 0.214. The van der Waals surface area contributed by atoms with Crippen LogP contribution in [0.3, 0.4) is 0 Å². The van der Waals surface area contributed by atoms with Gasteiger partial charge in [-0.15, -0.1) is 11.3 Å². The van der Waals surface area contributed by atoms with Gasteiger partial charge in [0.05, 0.1) is 5.56 Å². The van der Waals surface area contributed by atoms with Crippen LogP contribution in [0.15, 0.2) is 18.2 Å². The summed E-state index contributed by atoms with van der Waals surface area (Å²) >= 11 is 1.48. The lowest BCUT2D eigenvalue weighted by atomic mass is 10.0. The van der Waals surface area contributed by atoms with Crippen molar-refractivity contribution in [1.29, 1.82) is 5.26 Å². The Morgan fingerprint density at radius 1 is 1.37 bits per heavy atom. The number of nitrogens with zero attached hydrogens (tertiary/aromatic N) is 1. The molecular formula is C14H12N2O2S. The van der Waals surface area contributed by atoms with Crippen molar-refractivity contribution in [1.82, 2.24) is 0 Å². The second-order valence-electron chi connectivity index (χ2n) is 4.17. The number of nitrogens with two attached hydrogens (primary N) is 1. The number of rotatable bonds is 2. The molecular weight excluding hydrogens is 260 g/mol. The lowest BCUT2D eigenvalue weighted by molar-refractivity contribution is 0.174. The predicted molar refractivity (Wildman–Crippen MR) is 74.4 cm³/mol. The normalized spacial score (nSPS) is 12.4. The molecule has 0 unspecified atom stereocenters. The lowest BCUT2D eigenvalue weighted by Gasteiger charge is -2.04. The van der Waals surface area contributed by atoms with Gasteiger partial charge in [-0.3, -0.25) is 0 Å². The van der Waals surface area contributed by atoms with Crippen molar-refractivity contribution in [3.63, 3.8) is 0 Å². The quantitative estimate of drug-likeness (QED) is 0.911. The SMILES string of the molecule is CCc1sc(N)c(C#N)c1-c1ccc2c(c1)OCO2. The molecule has 0 aliphatic carbocycles. The Hall–Kier alpha value is -2.19. The highest BCUT2D eigenvalue weighted by molar-refractivity contribution is 7.16. The Morgan fingerprint density at radius 2 is 2.16 bits per heavy atom. The fourth-order valence-corrected chi connectivity index (χ4v) is 3.20. The van der Waals surface area contributed by atoms with Crippen LogP contribution in [0.5, 0.6) is 11.5 Å². The molecule has 0 saturated carbocycles. The van der Waals surface area contributed by atoms with Gasteiger partial charge in [-0.1, -0.05) is 13.0 Å². The summed E-state index contributed by atoms with van der Waals surface area (Å²) in [7, 11) is 0. The van der Waals surface area contributed by atoms with Crippen LogP contribution in [-0.4, -0.2) is 6.79 Å². The zero-order chi connectivity index (χ0) is 13.4. The van der Waals surface area contributed by atoms with E-state index in [4.69, 9.17) is 15.2 Å². The van der Waals surface area contributed by atoms with Crippen molar-refractivity contribution in [2.45, 2.75) is 13.3 Å². The minimum Gasteiger partial charge on any atom is -0.454 e. The molecule has 3 rings (SSSR count). The van der Waals surface area contributed by atoms with Gasteiger partial charge in [-0.05, 0) is 24.1 Å². The Kier molecular flexibility index (Phi) is 2.80. The smallest absolute Gasteiger partial charge is 0.231 e. The summed E-state index contributed by atoms with van der Waals surface area (Å²) in [5.41, 5.74) is 8.35. The Labute approximate surface area is 115 Å². The number of nitriles is 1. The molecule has 1 aromatic carbocycles. The van der Waals surface area contributed by atoms with E-state index >= 15 is 0 Å². The van der Waals surface area contributed by atoms with Crippen LogP contribution in [-0.2, 0) is 6.42 Å². The minimum atomic E-state index is 0.246. The van der Waals surface area contributed by atoms with Crippen molar-refractivity contribution >= 4 is 16.3 Å². The number of ether oxygens (including phenoxy) is 2. The summed E-state index contributed by atoms with van der Waals surface area (Å²) in [6.07, 6.45) is 0.848. The first kappa shape index (κ1) is 11.9. The van der Waals surface area contributed by atoms with Gasteiger partial charge in [-0.2, -0.15) is 5.26 Å². The van der Waals surface area contributed by atoms with Gasteiger partial charge in [0.25, 0.3) is 0 Å². The first-order valence-corrected chi connectivity index (χ1v) is 6.77. The van der Waals surface area contributed by atoms with E-state index in [1.807, 2.05) is 18.2 Å². The van der Waals surface area contributed by atoms with Crippen molar-refractivity contribution in [2.75, 3.05) is 12.5 Å². The zero-order valence-electron chi connectivity index (χ0n) is 10.4. The fourth-order valence-electron chi connectivity index (χ4n) is 2.21. The molecule has 5 heteroatoms. The molecule has 0 fully saturated rings. The Morgan fingerprint density at radius 3 is 2.89 bits per heavy atom. The first-order chi connectivity index (χ1) is 9.24. The molecule has 2 aromatic rings. The van der Waals surface area contributed by atoms with Gasteiger partial charge >= 0.3 is 0 Å². The maximum Gasteiger partial charge on any atom is 0.231 e. The molecule has 1 aromatic heterocycles. The Bertz CT molecular complexity index is 685. The molecule has 2 N–H and O–H groups in total. The molecule has 0 atom stereocenters. The van der Waals surface area contributed by atoms with Crippen LogP contribution in [0.2, 0.25) is 0 Å². The van der Waals surface area contributed by atoms with Crippen molar-refractivity contribution in [3.8, 4) is 28.7 Å². The standard InChI is InChI=1S/C14H12N2O2S/c1-2-12-13(9(6-15)14(16)19-12)8-3-4-10-11(5-8)18-7-17-10/h3-5H,2,7,16H2,1H3. The average molecular weight is 272 g/mol. The molecule has 19 heavy (non-hydrogen) atoms. The highest BCUT2D eigenvalue weighted by atomic mass is 32.1. The van der Waals surface area contributed by atoms with E-state index in [1.54, 1.807) is 0 Å². The van der Waals surface area contributed by atoms with Crippen LogP contribution in [0.4, 0.5) is 5.00 Å². The van der Waals surface area contributed by atoms with E-state index in [9.17, 15) is 5.26 Å². The highest BCUT2D eigenvalue weighted by Gasteiger charge is 2.20. The van der Waals surface area contributed by atoms with E-state index < -0.39 is 0 Å². The molecule has 1 aliphatic heterocycles. The zero-order valence-corrected chi connectivity index (χ0v) is 11.2. The third kappa shape index (κ3) is 1.81. The van der Waals surface area contributed by atoms with Crippen LogP contribution >= 0.6 is 11.3 Å². The van der Waals surface area contributed by atoms with Crippen molar-refractivity contribution in [3.05, 3.63) is 28.6 Å². The van der Waals surface area contributed by atoms with Crippen LogP contribution in [0.1, 0.15) is 17.4 Å². The number of hydrogen-bond donors (Lipinski definition) is 1. The summed E-state index contributed by atoms with van der Waals surface area (Å²) in [5.74, 6) is 1.46. The number of anilines is 1. The van der Waals surface area contributed by atoms with E-state index in [0.717, 1.165) is 28.2 Å². The molecule has 0 bridgehead atoms. The van der Waals surface area contributed by atoms with Gasteiger partial charge < -0.3 is 15.2 Å². The number of aryl methyl sites for hydroxylation is 1. The van der Waals surface area contributed by atoms with Crippen molar-refractivity contribution in [2.24, 2.45) is 0 Å². The maximum atomic E-state index is 9.28. The number of benzene rings is 1. The van der Waals surface area contributed by atoms with Gasteiger partial charge in [-0.25, -0.2) is 0 Å². The molecule has 4 nitrogen and oxygen atoms in total. The predicted octanol–water partition coefficient (Wildman–Crippen LogP) is 3.16. The third-order valence-corrected chi connectivity index (χ3v) is 4.27. The van der Waals surface area contributed by atoms with E-state index in [1.165, 1.54) is 11.3 Å². The second-order valence-corrected chi connectivity index (χ2v) is 5.31. The average Bonchev–Trinajstić information content (AvgIpc) is 3.00. The van der Waals surface area contributed by atoms with Gasteiger partial charge in [0.2, 0.25) is 6.79 Å². The van der Waals surface area contributed by atoms with E-state index in [0.29, 0.717) is 16.3 Å². The minimum absolute atomic E-state index is 0.246. The number of hydrogen-bond acceptors (Lipinski definition) is 5. The number of nitrogen functional groups attached to an aromatic ring is 1. The number of thiophene rings is 1. The van der Waals surface area contributed by atoms with Crippen LogP contribution < -0.4 is 15.2 Å². The van der Waals surface area contributed by atoms with Crippen LogP contribution in [0.25, 0.3) is 11.1 Å². The number of fused-ring (bicyclic) bond motifs is 1. The molecule has 1 aliphatic rings. The first-order valence-electron chi connectivity index (χ1n) is 5.95. The molecule has 0 radical (unpaired) electrons. The van der Waals surface area contributed by atoms with Gasteiger partial charge in [0, 0.05) is 10.4 Å². The summed E-state index contributed by atoms with van der Waals surface area (Å²) in [5, 5.41) is 9.86. The van der Waals surface area contributed by atoms with E-state index in [-0.39, 0.29) is 6.79 Å².